The molecule has 26 heavy (non-hydrogen) atoms. The zero-order valence-electron chi connectivity index (χ0n) is 13.4. The summed E-state index contributed by atoms with van der Waals surface area (Å²) in [6, 6.07) is 5.96. The highest BCUT2D eigenvalue weighted by molar-refractivity contribution is 5.97. The first-order valence-corrected chi connectivity index (χ1v) is 7.50. The minimum absolute atomic E-state index is 0.0815. The van der Waals surface area contributed by atoms with Crippen LogP contribution in [0.4, 0.5) is 26.3 Å². The number of esters is 1. The van der Waals surface area contributed by atoms with Gasteiger partial charge in [0.05, 0.1) is 5.56 Å². The number of alkyl halides is 6. The van der Waals surface area contributed by atoms with Crippen molar-refractivity contribution in [2.45, 2.75) is 38.2 Å². The van der Waals surface area contributed by atoms with E-state index in [1.54, 1.807) is 19.1 Å². The summed E-state index contributed by atoms with van der Waals surface area (Å²) in [5.74, 6) is -3.75. The van der Waals surface area contributed by atoms with Crippen molar-refractivity contribution in [1.29, 1.82) is 0 Å². The molecular formula is C16H14F6NO3+. The molecule has 142 valence electrons. The smallest absolute Gasteiger partial charge is 0.435 e. The fourth-order valence-corrected chi connectivity index (χ4v) is 2.55. The van der Waals surface area contributed by atoms with Crippen molar-refractivity contribution >= 4 is 17.6 Å². The van der Waals surface area contributed by atoms with Crippen molar-refractivity contribution in [1.82, 2.24) is 0 Å². The molecule has 0 spiro atoms. The standard InChI is InChI=1S/C16H14F6NO3/c1-9-4-6-10(7-5-9)13(24)23-8-2-3-11(23)12(15(17,18)19)26-14(25)16(20,21)22/h4-7,12H,2-3,8H2,1H3/q+1. The number of nitrogens with zero attached hydrogens (tertiary/aromatic N) is 1. The molecule has 10 heteroatoms. The van der Waals surface area contributed by atoms with E-state index in [4.69, 9.17) is 0 Å². The van der Waals surface area contributed by atoms with E-state index in [-0.39, 0.29) is 24.9 Å². The van der Waals surface area contributed by atoms with Crippen LogP contribution in [-0.2, 0) is 9.53 Å². The van der Waals surface area contributed by atoms with Crippen LogP contribution in [0.5, 0.6) is 0 Å². The predicted molar refractivity (Wildman–Crippen MR) is 76.9 cm³/mol. The number of rotatable bonds is 3. The van der Waals surface area contributed by atoms with E-state index in [1.165, 1.54) is 12.1 Å². The molecule has 0 radical (unpaired) electrons. The zero-order valence-corrected chi connectivity index (χ0v) is 13.4. The fraction of sp³-hybridized carbons (Fsp3) is 0.438. The maximum absolute atomic E-state index is 13.2. The molecule has 1 atom stereocenters. The zero-order chi connectivity index (χ0) is 19.7. The van der Waals surface area contributed by atoms with Crippen LogP contribution in [-0.4, -0.2) is 47.2 Å². The van der Waals surface area contributed by atoms with E-state index in [9.17, 15) is 35.9 Å². The summed E-state index contributed by atoms with van der Waals surface area (Å²) >= 11 is 0. The average Bonchev–Trinajstić information content (AvgIpc) is 2.99. The lowest BCUT2D eigenvalue weighted by molar-refractivity contribution is -0.425. The Balaban J connectivity index is 2.41. The van der Waals surface area contributed by atoms with E-state index in [0.717, 1.165) is 10.1 Å². The van der Waals surface area contributed by atoms with Gasteiger partial charge >= 0.3 is 24.2 Å². The minimum Gasteiger partial charge on any atom is -0.435 e. The molecule has 1 unspecified atom stereocenters. The Labute approximate surface area is 144 Å². The summed E-state index contributed by atoms with van der Waals surface area (Å²) in [6.07, 6.45) is -14.2. The Bertz CT molecular complexity index is 734. The molecule has 1 amide bonds. The van der Waals surface area contributed by atoms with Gasteiger partial charge in [-0.25, -0.2) is 9.59 Å². The van der Waals surface area contributed by atoms with Gasteiger partial charge in [-0.15, -0.1) is 0 Å². The largest absolute Gasteiger partial charge is 0.490 e. The molecule has 1 aliphatic rings. The maximum Gasteiger partial charge on any atom is 0.490 e. The Kier molecular flexibility index (Phi) is 5.43. The van der Waals surface area contributed by atoms with Crippen LogP contribution < -0.4 is 0 Å². The molecule has 0 saturated heterocycles. The number of benzene rings is 1. The topological polar surface area (TPSA) is 46.4 Å². The number of aryl methyl sites for hydroxylation is 1. The van der Waals surface area contributed by atoms with Crippen molar-refractivity contribution in [3.8, 4) is 0 Å². The van der Waals surface area contributed by atoms with Crippen LogP contribution >= 0.6 is 0 Å². The molecule has 0 aromatic heterocycles. The first-order valence-electron chi connectivity index (χ1n) is 7.50. The SMILES string of the molecule is Cc1ccc(C(=O)[N+]2=C(C(OC(=O)C(F)(F)F)C(F)(F)F)CCC2)cc1. The van der Waals surface area contributed by atoms with Gasteiger partial charge in [-0.2, -0.15) is 30.9 Å². The summed E-state index contributed by atoms with van der Waals surface area (Å²) in [6.45, 7) is 1.64. The van der Waals surface area contributed by atoms with Crippen LogP contribution in [0.25, 0.3) is 0 Å². The van der Waals surface area contributed by atoms with Crippen molar-refractivity contribution in [3.63, 3.8) is 0 Å². The molecule has 0 N–H and O–H groups in total. The maximum atomic E-state index is 13.2. The van der Waals surface area contributed by atoms with Gasteiger partial charge in [0.15, 0.2) is 6.54 Å². The number of carbonyl (C=O) groups is 2. The van der Waals surface area contributed by atoms with Crippen LogP contribution in [0.15, 0.2) is 24.3 Å². The Morgan fingerprint density at radius 2 is 1.65 bits per heavy atom. The first-order chi connectivity index (χ1) is 11.9. The third-order valence-corrected chi connectivity index (χ3v) is 3.76. The predicted octanol–water partition coefficient (Wildman–Crippen LogP) is 3.42. The highest BCUT2D eigenvalue weighted by Crippen LogP contribution is 2.30. The number of amides is 1. The van der Waals surface area contributed by atoms with Gasteiger partial charge in [0, 0.05) is 12.8 Å². The molecule has 4 nitrogen and oxygen atoms in total. The number of halogens is 6. The second-order valence-electron chi connectivity index (χ2n) is 5.74. The molecule has 0 saturated carbocycles. The number of hydrogen-bond acceptors (Lipinski definition) is 3. The summed E-state index contributed by atoms with van der Waals surface area (Å²) < 4.78 is 81.0. The molecule has 0 aliphatic carbocycles. The number of carbonyl (C=O) groups excluding carboxylic acids is 2. The molecule has 2 rings (SSSR count). The van der Waals surface area contributed by atoms with E-state index < -0.39 is 36.0 Å². The summed E-state index contributed by atoms with van der Waals surface area (Å²) in [5.41, 5.74) is 0.193. The Morgan fingerprint density at radius 3 is 2.15 bits per heavy atom. The summed E-state index contributed by atoms with van der Waals surface area (Å²) in [5, 5.41) is 0. The molecule has 1 aromatic carbocycles. The summed E-state index contributed by atoms with van der Waals surface area (Å²) in [7, 11) is 0. The fourth-order valence-electron chi connectivity index (χ4n) is 2.55. The molecule has 0 fully saturated rings. The van der Waals surface area contributed by atoms with Crippen LogP contribution in [0.1, 0.15) is 28.8 Å². The van der Waals surface area contributed by atoms with E-state index >= 15 is 0 Å². The van der Waals surface area contributed by atoms with Gasteiger partial charge in [-0.05, 0) is 19.1 Å². The quantitative estimate of drug-likeness (QED) is 0.457. The van der Waals surface area contributed by atoms with E-state index in [1.807, 2.05) is 0 Å². The number of ether oxygens (including phenoxy) is 1. The van der Waals surface area contributed by atoms with Gasteiger partial charge in [0.25, 0.3) is 6.10 Å². The van der Waals surface area contributed by atoms with Crippen LogP contribution in [0.2, 0.25) is 0 Å². The molecule has 1 aromatic rings. The molecular weight excluding hydrogens is 368 g/mol. The molecule has 0 bridgehead atoms. The van der Waals surface area contributed by atoms with Gasteiger partial charge in [-0.1, -0.05) is 17.7 Å². The highest BCUT2D eigenvalue weighted by Gasteiger charge is 2.55. The minimum atomic E-state index is -5.57. The number of hydrogen-bond donors (Lipinski definition) is 0. The normalized spacial score (nSPS) is 16.6. The Hall–Kier alpha value is -2.39. The average molecular weight is 382 g/mol. The van der Waals surface area contributed by atoms with Gasteiger partial charge in [-0.3, -0.25) is 0 Å². The first kappa shape index (κ1) is 19.9. The van der Waals surface area contributed by atoms with E-state index in [2.05, 4.69) is 4.74 Å². The molecule has 1 heterocycles. The third-order valence-electron chi connectivity index (χ3n) is 3.76. The van der Waals surface area contributed by atoms with Crippen LogP contribution in [0, 0.1) is 6.92 Å². The van der Waals surface area contributed by atoms with E-state index in [0.29, 0.717) is 0 Å². The van der Waals surface area contributed by atoms with Crippen molar-refractivity contribution < 1.29 is 45.2 Å². The third kappa shape index (κ3) is 4.41. The van der Waals surface area contributed by atoms with Gasteiger partial charge < -0.3 is 4.74 Å². The Morgan fingerprint density at radius 1 is 1.08 bits per heavy atom. The monoisotopic (exact) mass is 382 g/mol. The van der Waals surface area contributed by atoms with Crippen LogP contribution in [0.3, 0.4) is 0 Å². The van der Waals surface area contributed by atoms with Crippen molar-refractivity contribution in [2.75, 3.05) is 6.54 Å². The lowest BCUT2D eigenvalue weighted by atomic mass is 10.1. The van der Waals surface area contributed by atoms with Crippen molar-refractivity contribution in [2.24, 2.45) is 0 Å². The van der Waals surface area contributed by atoms with Crippen molar-refractivity contribution in [3.05, 3.63) is 35.4 Å². The lowest BCUT2D eigenvalue weighted by Gasteiger charge is -2.19. The molecule has 1 aliphatic heterocycles. The second kappa shape index (κ2) is 7.08. The summed E-state index contributed by atoms with van der Waals surface area (Å²) in [4.78, 5) is 23.4. The van der Waals surface area contributed by atoms with Gasteiger partial charge in [0.1, 0.15) is 0 Å². The second-order valence-corrected chi connectivity index (χ2v) is 5.74. The lowest BCUT2D eigenvalue weighted by Crippen LogP contribution is -2.46. The highest BCUT2D eigenvalue weighted by atomic mass is 19.4. The van der Waals surface area contributed by atoms with Gasteiger partial charge in [0.2, 0.25) is 5.71 Å².